The summed E-state index contributed by atoms with van der Waals surface area (Å²) in [5.74, 6) is 2.92. The average Bonchev–Trinajstić information content (AvgIpc) is 2.13. The van der Waals surface area contributed by atoms with Gasteiger partial charge in [-0.25, -0.2) is 0 Å². The predicted octanol–water partition coefficient (Wildman–Crippen LogP) is 15.2. The van der Waals surface area contributed by atoms with Gasteiger partial charge >= 0.3 is 0 Å². The molecule has 0 spiro atoms. The molecule has 0 aliphatic rings. The minimum Gasteiger partial charge on any atom is -0.0550 e. The van der Waals surface area contributed by atoms with E-state index in [1.807, 2.05) is 0 Å². The first-order chi connectivity index (χ1) is 11.7. The van der Waals surface area contributed by atoms with Crippen LogP contribution < -0.4 is 0 Å². The van der Waals surface area contributed by atoms with E-state index in [2.05, 4.69) is 407 Å². The number of rotatable bonds is 9. The van der Waals surface area contributed by atoms with Crippen molar-refractivity contribution in [2.75, 3.05) is 0 Å². The molecule has 0 aromatic carbocycles. The topological polar surface area (TPSA) is 0 Å². The van der Waals surface area contributed by atoms with Gasteiger partial charge in [0.25, 0.3) is 0 Å². The van der Waals surface area contributed by atoms with Gasteiger partial charge in [0.2, 0.25) is 0 Å². The molecule has 0 bridgehead atoms. The third-order valence-corrected chi connectivity index (χ3v) is 14.2. The van der Waals surface area contributed by atoms with E-state index in [9.17, 15) is 0 Å². The summed E-state index contributed by atoms with van der Waals surface area (Å²) in [6.45, 7) is 0. The van der Waals surface area contributed by atoms with Gasteiger partial charge in [-0.1, -0.05) is 407 Å². The zero-order valence-electron chi connectivity index (χ0n) is 12.0. The maximum Gasteiger partial charge on any atom is 0.130 e. The van der Waals surface area contributed by atoms with Gasteiger partial charge in [0.05, 0.1) is 0 Å². The van der Waals surface area contributed by atoms with Crippen molar-refractivity contribution in [1.29, 1.82) is 0 Å². The second kappa shape index (κ2) is 16.5. The molecule has 0 unspecified atom stereocenters. The Labute approximate surface area is 413 Å². The maximum absolute atomic E-state index is 2.67. The average molecular weight is 2410 g/mol. The SMILES string of the molecule is IC(I)(I)C([C](C(C(I)(I)I)C(I)(I)I)C(C(I)(I)I)C(I)(I)I)C(I)(I)I. The third kappa shape index (κ3) is 15.2. The van der Waals surface area contributed by atoms with E-state index < -0.39 is 0 Å². The Bertz CT molecular complexity index is 387. The van der Waals surface area contributed by atoms with Gasteiger partial charge in [0.15, 0.2) is 0 Å². The van der Waals surface area contributed by atoms with Crippen LogP contribution in [-0.2, 0) is 0 Å². The quantitative estimate of drug-likeness (QED) is 0.159. The molecule has 0 saturated carbocycles. The molecule has 1 radical (unpaired) electrons. The molecule has 169 valence electrons. The lowest BCUT2D eigenvalue weighted by molar-refractivity contribution is 0.418. The van der Waals surface area contributed by atoms with E-state index in [1.54, 1.807) is 5.92 Å². The van der Waals surface area contributed by atoms with Crippen LogP contribution in [0.15, 0.2) is 0 Å². The molecule has 0 nitrogen and oxygen atoms in total. The highest BCUT2D eigenvalue weighted by Crippen LogP contribution is 2.73. The van der Waals surface area contributed by atoms with Crippen molar-refractivity contribution in [2.24, 2.45) is 17.8 Å². The van der Waals surface area contributed by atoms with E-state index in [0.29, 0.717) is 17.8 Å². The van der Waals surface area contributed by atoms with Crippen molar-refractivity contribution in [2.45, 2.75) is -3.39 Å². The molecule has 0 saturated heterocycles. The Morgan fingerprint density at radius 1 is 0.286 bits per heavy atom. The minimum atomic E-state index is 0.0668. The zero-order chi connectivity index (χ0) is 23.3. The summed E-state index contributed by atoms with van der Waals surface area (Å²) in [4.78, 5) is 0. The van der Waals surface area contributed by atoms with E-state index in [-0.39, 0.29) is -3.39 Å². The van der Waals surface area contributed by atoms with Crippen LogP contribution in [0, 0.1) is 23.7 Å². The van der Waals surface area contributed by atoms with Crippen molar-refractivity contribution in [3.8, 4) is 0 Å². The van der Waals surface area contributed by atoms with Gasteiger partial charge in [-0.15, -0.1) is 0 Å². The van der Waals surface area contributed by atoms with Crippen molar-refractivity contribution in [1.82, 2.24) is 0 Å². The van der Waals surface area contributed by atoms with E-state index in [1.165, 1.54) is 0 Å². The van der Waals surface area contributed by atoms with E-state index in [0.717, 1.165) is 0 Å². The lowest BCUT2D eigenvalue weighted by Crippen LogP contribution is -2.53. The van der Waals surface area contributed by atoms with Crippen molar-refractivity contribution in [3.63, 3.8) is 0 Å². The Kier molecular flexibility index (Phi) is 24.2. The Morgan fingerprint density at radius 3 is 0.464 bits per heavy atom. The highest BCUT2D eigenvalue weighted by Gasteiger charge is 2.64. The molecule has 0 N–H and O–H groups in total. The fraction of sp³-hybridized carbons (Fsp3) is 0.900. The number of alkyl halides is 18. The Morgan fingerprint density at radius 2 is 0.393 bits per heavy atom. The van der Waals surface area contributed by atoms with Gasteiger partial charge < -0.3 is 0 Å². The molecule has 0 aromatic rings. The summed E-state index contributed by atoms with van der Waals surface area (Å²) in [7, 11) is 0. The van der Waals surface area contributed by atoms with Crippen molar-refractivity contribution >= 4 is 407 Å². The number of hydrogen-bond acceptors (Lipinski definition) is 0. The first-order valence-corrected chi connectivity index (χ1v) is 25.4. The van der Waals surface area contributed by atoms with Gasteiger partial charge in [-0.05, 0) is 0 Å². The van der Waals surface area contributed by atoms with Crippen LogP contribution in [0.3, 0.4) is 0 Å². The molecule has 0 fully saturated rings. The molecule has 0 rings (SSSR count). The molecule has 0 aliphatic heterocycles. The van der Waals surface area contributed by atoms with Crippen LogP contribution in [0.25, 0.3) is 0 Å². The monoisotopic (exact) mass is 2410 g/mol. The van der Waals surface area contributed by atoms with Crippen LogP contribution in [0.4, 0.5) is 0 Å². The smallest absolute Gasteiger partial charge is 0.0550 e. The van der Waals surface area contributed by atoms with Crippen molar-refractivity contribution in [3.05, 3.63) is 5.92 Å². The lowest BCUT2D eigenvalue weighted by atomic mass is 9.77. The molecule has 0 aromatic heterocycles. The highest BCUT2D eigenvalue weighted by atomic mass is 127. The van der Waals surface area contributed by atoms with Gasteiger partial charge in [-0.2, -0.15) is 0 Å². The molecule has 18 heteroatoms. The summed E-state index contributed by atoms with van der Waals surface area (Å²) in [6.07, 6.45) is 0. The minimum absolute atomic E-state index is 0.0668. The maximum atomic E-state index is 2.67. The fourth-order valence-corrected chi connectivity index (χ4v) is 33.2. The third-order valence-electron chi connectivity index (χ3n) is 2.96. The lowest BCUT2D eigenvalue weighted by Gasteiger charge is -2.53. The standard InChI is InChI=1S/C10H3I18/c11-5(12,13)2(6(14,15)16)1(3(7(17,18)19)8(20,21)22)4(9(23,24)25)10(26,27)28/h2-4H. The molecule has 0 aliphatic carbocycles. The van der Waals surface area contributed by atoms with E-state index >= 15 is 0 Å². The van der Waals surface area contributed by atoms with Crippen LogP contribution in [0.2, 0.25) is 0 Å². The normalized spacial score (nSPS) is 16.1. The molecular formula is C10H3I18. The first-order valence-electron chi connectivity index (χ1n) is 6.00. The molecular weight excluding hydrogens is 2400 g/mol. The summed E-state index contributed by atoms with van der Waals surface area (Å²) < 4.78 is 0.401. The first kappa shape index (κ1) is 41.1. The number of hydrogen-bond donors (Lipinski definition) is 0. The van der Waals surface area contributed by atoms with Gasteiger partial charge in [0.1, 0.15) is -3.39 Å². The molecule has 0 heterocycles. The van der Waals surface area contributed by atoms with Crippen LogP contribution in [-0.4, -0.2) is -3.39 Å². The molecule has 0 amide bonds. The second-order valence-electron chi connectivity index (χ2n) is 5.05. The Hall–Kier alpha value is 13.1. The summed E-state index contributed by atoms with van der Waals surface area (Å²) in [5, 5.41) is 0. The van der Waals surface area contributed by atoms with Crippen LogP contribution in [0.5, 0.6) is 0 Å². The van der Waals surface area contributed by atoms with E-state index in [4.69, 9.17) is 0 Å². The van der Waals surface area contributed by atoms with Crippen LogP contribution >= 0.6 is 407 Å². The summed E-state index contributed by atoms with van der Waals surface area (Å²) >= 11 is 48.0. The zero-order valence-corrected chi connectivity index (χ0v) is 50.9. The van der Waals surface area contributed by atoms with Crippen molar-refractivity contribution < 1.29 is 0 Å². The van der Waals surface area contributed by atoms with Gasteiger partial charge in [0, 0.05) is 23.7 Å². The largest absolute Gasteiger partial charge is 0.130 e. The fourth-order valence-electron chi connectivity index (χ4n) is 2.19. The van der Waals surface area contributed by atoms with Gasteiger partial charge in [-0.3, -0.25) is 0 Å². The molecule has 0 atom stereocenters. The second-order valence-corrected chi connectivity index (χ2v) is 72.8. The number of halogens is 18. The summed E-state index contributed by atoms with van der Waals surface area (Å²) in [6, 6.07) is 0. The van der Waals surface area contributed by atoms with Crippen LogP contribution in [0.1, 0.15) is 0 Å². The Balaban J connectivity index is 7.30. The molecule has 28 heavy (non-hydrogen) atoms. The highest BCUT2D eigenvalue weighted by molar-refractivity contribution is 14.3. The summed E-state index contributed by atoms with van der Waals surface area (Å²) in [5.41, 5.74) is 0. The predicted molar refractivity (Wildman–Crippen MR) is 282 cm³/mol.